The van der Waals surface area contributed by atoms with E-state index in [0.717, 1.165) is 5.52 Å². The van der Waals surface area contributed by atoms with E-state index in [0.29, 0.717) is 0 Å². The Balaban J connectivity index is 2.00. The summed E-state index contributed by atoms with van der Waals surface area (Å²) in [6, 6.07) is 35.0. The van der Waals surface area contributed by atoms with Crippen LogP contribution in [-0.2, 0) is 0 Å². The molecule has 0 saturated heterocycles. The van der Waals surface area contributed by atoms with E-state index in [4.69, 9.17) is 4.98 Å². The molecule has 0 unspecified atom stereocenters. The van der Waals surface area contributed by atoms with Gasteiger partial charge in [0.2, 0.25) is 0 Å². The van der Waals surface area contributed by atoms with E-state index in [1.807, 2.05) is 6.20 Å². The van der Waals surface area contributed by atoms with Gasteiger partial charge in [-0.05, 0) is 43.8 Å². The van der Waals surface area contributed by atoms with Crippen molar-refractivity contribution in [1.82, 2.24) is 4.98 Å². The minimum absolute atomic E-state index is 1.08. The average molecular weight is 379 g/mol. The van der Waals surface area contributed by atoms with Gasteiger partial charge in [0.15, 0.2) is 0 Å². The zero-order valence-corrected chi connectivity index (χ0v) is 16.3. The van der Waals surface area contributed by atoms with Gasteiger partial charge in [-0.1, -0.05) is 91.0 Å². The van der Waals surface area contributed by atoms with Crippen molar-refractivity contribution in [2.45, 2.75) is 0 Å². The first kappa shape index (κ1) is 15.9. The van der Waals surface area contributed by atoms with E-state index in [1.165, 1.54) is 59.2 Å². The Morgan fingerprint density at radius 2 is 0.900 bits per heavy atom. The Morgan fingerprint density at radius 1 is 0.367 bits per heavy atom. The summed E-state index contributed by atoms with van der Waals surface area (Å²) < 4.78 is 0. The van der Waals surface area contributed by atoms with Gasteiger partial charge in [0.1, 0.15) is 0 Å². The molecule has 0 spiro atoms. The minimum atomic E-state index is 1.08. The molecular weight excluding hydrogens is 362 g/mol. The van der Waals surface area contributed by atoms with Crippen molar-refractivity contribution < 1.29 is 0 Å². The van der Waals surface area contributed by atoms with Gasteiger partial charge < -0.3 is 0 Å². The molecule has 1 nitrogen and oxygen atoms in total. The third kappa shape index (κ3) is 1.94. The molecule has 1 heteroatoms. The molecule has 7 aromatic rings. The fraction of sp³-hybridized carbons (Fsp3) is 0. The number of nitrogens with zero attached hydrogens (tertiary/aromatic N) is 1. The Bertz CT molecular complexity index is 1750. The van der Waals surface area contributed by atoms with Gasteiger partial charge in [-0.2, -0.15) is 0 Å². The molecular formula is C29H17N. The number of hydrogen-bond donors (Lipinski definition) is 0. The SMILES string of the molecule is c1ccc2c(c1)ccc1c3ncccc3c3c4ccccc4c4ccccc4c3c21. The molecule has 1 heterocycles. The van der Waals surface area contributed by atoms with Crippen molar-refractivity contribution in [3.05, 3.63) is 103 Å². The number of pyridine rings is 1. The van der Waals surface area contributed by atoms with Crippen LogP contribution < -0.4 is 0 Å². The fourth-order valence-corrected chi connectivity index (χ4v) is 5.24. The second kappa shape index (κ2) is 5.77. The molecule has 0 aliphatic heterocycles. The Hall–Kier alpha value is -3.97. The van der Waals surface area contributed by atoms with Crippen LogP contribution in [0, 0.1) is 0 Å². The molecule has 6 aromatic carbocycles. The summed E-state index contributed by atoms with van der Waals surface area (Å²) in [6.07, 6.45) is 1.91. The largest absolute Gasteiger partial charge is 0.256 e. The van der Waals surface area contributed by atoms with Crippen LogP contribution in [0.3, 0.4) is 0 Å². The molecule has 30 heavy (non-hydrogen) atoms. The molecule has 0 atom stereocenters. The maximum atomic E-state index is 4.85. The topological polar surface area (TPSA) is 12.9 Å². The van der Waals surface area contributed by atoms with E-state index in [1.54, 1.807) is 0 Å². The van der Waals surface area contributed by atoms with Crippen LogP contribution in [0.2, 0.25) is 0 Å². The van der Waals surface area contributed by atoms with Crippen molar-refractivity contribution in [3.8, 4) is 0 Å². The van der Waals surface area contributed by atoms with Gasteiger partial charge in [0.05, 0.1) is 5.52 Å². The van der Waals surface area contributed by atoms with Crippen LogP contribution in [0.15, 0.2) is 103 Å². The van der Waals surface area contributed by atoms with E-state index < -0.39 is 0 Å². The molecule has 0 N–H and O–H groups in total. The third-order valence-electron chi connectivity index (χ3n) is 6.44. The maximum Gasteiger partial charge on any atom is 0.0787 e. The highest BCUT2D eigenvalue weighted by molar-refractivity contribution is 6.41. The summed E-state index contributed by atoms with van der Waals surface area (Å²) >= 11 is 0. The van der Waals surface area contributed by atoms with Gasteiger partial charge in [-0.25, -0.2) is 0 Å². The number of fused-ring (bicyclic) bond motifs is 13. The third-order valence-corrected chi connectivity index (χ3v) is 6.44. The number of aromatic nitrogens is 1. The number of hydrogen-bond acceptors (Lipinski definition) is 1. The maximum absolute atomic E-state index is 4.85. The van der Waals surface area contributed by atoms with E-state index in [-0.39, 0.29) is 0 Å². The highest BCUT2D eigenvalue weighted by atomic mass is 14.6. The van der Waals surface area contributed by atoms with Gasteiger partial charge >= 0.3 is 0 Å². The van der Waals surface area contributed by atoms with E-state index in [2.05, 4.69) is 97.1 Å². The quantitative estimate of drug-likeness (QED) is 0.243. The molecule has 0 radical (unpaired) electrons. The molecule has 0 aliphatic rings. The molecule has 1 aromatic heterocycles. The lowest BCUT2D eigenvalue weighted by atomic mass is 9.87. The van der Waals surface area contributed by atoms with Crippen LogP contribution in [0.25, 0.3) is 64.8 Å². The summed E-state index contributed by atoms with van der Waals surface area (Å²) in [6.45, 7) is 0. The Labute approximate surface area is 173 Å². The standard InChI is InChI=1S/C29H17N/c1-2-9-19-18(8-1)15-16-25-26(19)28-23-13-6-4-11-21(23)20-10-3-5-12-22(20)27(28)24-14-7-17-30-29(24)25/h1-17H. The lowest BCUT2D eigenvalue weighted by Gasteiger charge is -2.17. The summed E-state index contributed by atoms with van der Waals surface area (Å²) in [5.74, 6) is 0. The van der Waals surface area contributed by atoms with Crippen LogP contribution in [0.4, 0.5) is 0 Å². The predicted octanol–water partition coefficient (Wildman–Crippen LogP) is 8.00. The zero-order chi connectivity index (χ0) is 19.7. The van der Waals surface area contributed by atoms with Crippen LogP contribution in [0.1, 0.15) is 0 Å². The van der Waals surface area contributed by atoms with Crippen LogP contribution >= 0.6 is 0 Å². The summed E-state index contributed by atoms with van der Waals surface area (Å²) in [5.41, 5.74) is 1.08. The molecule has 0 saturated carbocycles. The summed E-state index contributed by atoms with van der Waals surface area (Å²) in [5, 5.41) is 14.1. The van der Waals surface area contributed by atoms with Crippen LogP contribution in [-0.4, -0.2) is 4.98 Å². The number of rotatable bonds is 0. The molecule has 0 fully saturated rings. The molecule has 0 aliphatic carbocycles. The monoisotopic (exact) mass is 379 g/mol. The van der Waals surface area contributed by atoms with E-state index >= 15 is 0 Å². The number of benzene rings is 6. The van der Waals surface area contributed by atoms with Gasteiger partial charge in [0.25, 0.3) is 0 Å². The second-order valence-corrected chi connectivity index (χ2v) is 7.95. The highest BCUT2D eigenvalue weighted by Crippen LogP contribution is 2.45. The first-order valence-electron chi connectivity index (χ1n) is 10.3. The Kier molecular flexibility index (Phi) is 3.06. The van der Waals surface area contributed by atoms with Crippen molar-refractivity contribution in [2.75, 3.05) is 0 Å². The first-order valence-corrected chi connectivity index (χ1v) is 10.3. The second-order valence-electron chi connectivity index (χ2n) is 7.95. The van der Waals surface area contributed by atoms with Crippen molar-refractivity contribution in [2.24, 2.45) is 0 Å². The van der Waals surface area contributed by atoms with E-state index in [9.17, 15) is 0 Å². The fourth-order valence-electron chi connectivity index (χ4n) is 5.24. The lowest BCUT2D eigenvalue weighted by molar-refractivity contribution is 1.43. The minimum Gasteiger partial charge on any atom is -0.256 e. The smallest absolute Gasteiger partial charge is 0.0787 e. The summed E-state index contributed by atoms with van der Waals surface area (Å²) in [7, 11) is 0. The van der Waals surface area contributed by atoms with Gasteiger partial charge in [0, 0.05) is 27.7 Å². The van der Waals surface area contributed by atoms with Crippen molar-refractivity contribution in [3.63, 3.8) is 0 Å². The van der Waals surface area contributed by atoms with Gasteiger partial charge in [-0.15, -0.1) is 0 Å². The van der Waals surface area contributed by atoms with Gasteiger partial charge in [-0.3, -0.25) is 4.98 Å². The molecule has 0 bridgehead atoms. The highest BCUT2D eigenvalue weighted by Gasteiger charge is 2.17. The first-order chi connectivity index (χ1) is 14.9. The zero-order valence-electron chi connectivity index (χ0n) is 16.3. The molecule has 0 amide bonds. The van der Waals surface area contributed by atoms with Crippen molar-refractivity contribution >= 4 is 64.8 Å². The van der Waals surface area contributed by atoms with Crippen molar-refractivity contribution in [1.29, 1.82) is 0 Å². The Morgan fingerprint density at radius 3 is 1.67 bits per heavy atom. The average Bonchev–Trinajstić information content (AvgIpc) is 2.83. The molecule has 138 valence electrons. The molecule has 7 rings (SSSR count). The summed E-state index contributed by atoms with van der Waals surface area (Å²) in [4.78, 5) is 4.85. The lowest BCUT2D eigenvalue weighted by Crippen LogP contribution is -1.90. The normalized spacial score (nSPS) is 12.0. The predicted molar refractivity (Wildman–Crippen MR) is 129 cm³/mol. The van der Waals surface area contributed by atoms with Crippen LogP contribution in [0.5, 0.6) is 0 Å².